The first kappa shape index (κ1) is 26.0. The Balaban J connectivity index is 1.94. The lowest BCUT2D eigenvalue weighted by molar-refractivity contribution is 0.0969. The van der Waals surface area contributed by atoms with Gasteiger partial charge < -0.3 is 14.2 Å². The van der Waals surface area contributed by atoms with E-state index in [0.717, 1.165) is 11.1 Å². The minimum Gasteiger partial charge on any atom is -0.497 e. The molecule has 7 nitrogen and oxygen atoms in total. The topological polar surface area (TPSA) is 78.0 Å². The Kier molecular flexibility index (Phi) is 8.90. The molecule has 9 heteroatoms. The van der Waals surface area contributed by atoms with Gasteiger partial charge in [0.1, 0.15) is 22.9 Å². The maximum Gasteiger partial charge on any atom is 0.220 e. The van der Waals surface area contributed by atoms with E-state index in [0.29, 0.717) is 22.2 Å². The number of ether oxygens (including phenoxy) is 3. The van der Waals surface area contributed by atoms with Gasteiger partial charge in [0.25, 0.3) is 0 Å². The smallest absolute Gasteiger partial charge is 0.220 e. The molecule has 1 heterocycles. The first-order valence-corrected chi connectivity index (χ1v) is 12.6. The van der Waals surface area contributed by atoms with Gasteiger partial charge in [0.05, 0.1) is 24.9 Å². The van der Waals surface area contributed by atoms with E-state index >= 15 is 0 Å². The van der Waals surface area contributed by atoms with E-state index in [4.69, 9.17) is 25.8 Å². The van der Waals surface area contributed by atoms with E-state index in [-0.39, 0.29) is 13.1 Å². The van der Waals surface area contributed by atoms with Gasteiger partial charge in [0.15, 0.2) is 0 Å². The van der Waals surface area contributed by atoms with E-state index in [1.165, 1.54) is 17.6 Å². The van der Waals surface area contributed by atoms with Crippen LogP contribution in [-0.2, 0) is 27.8 Å². The molecule has 0 saturated heterocycles. The molecule has 2 atom stereocenters. The van der Waals surface area contributed by atoms with Crippen LogP contribution in [-0.4, -0.2) is 44.3 Å². The van der Waals surface area contributed by atoms with Crippen LogP contribution in [0.25, 0.3) is 0 Å². The molecule has 0 unspecified atom stereocenters. The van der Waals surface area contributed by atoms with Gasteiger partial charge in [0.2, 0.25) is 10.0 Å². The molecule has 2 aromatic carbocycles. The van der Waals surface area contributed by atoms with Crippen molar-refractivity contribution in [2.24, 2.45) is 0 Å². The lowest BCUT2D eigenvalue weighted by Gasteiger charge is -2.30. The molecule has 0 bridgehead atoms. The van der Waals surface area contributed by atoms with Crippen molar-refractivity contribution in [1.82, 2.24) is 9.29 Å². The van der Waals surface area contributed by atoms with Crippen LogP contribution < -0.4 is 9.47 Å². The average molecular weight is 505 g/mol. The molecule has 0 saturated carbocycles. The zero-order valence-corrected chi connectivity index (χ0v) is 21.2. The number of rotatable bonds is 11. The van der Waals surface area contributed by atoms with Gasteiger partial charge in [0, 0.05) is 26.4 Å². The first-order valence-electron chi connectivity index (χ1n) is 10.7. The quantitative estimate of drug-likeness (QED) is 0.371. The summed E-state index contributed by atoms with van der Waals surface area (Å²) in [6, 6.07) is 18.0. The molecule has 0 aliphatic rings. The van der Waals surface area contributed by atoms with E-state index in [1.54, 1.807) is 33.3 Å². The molecule has 0 radical (unpaired) electrons. The third kappa shape index (κ3) is 6.27. The standard InChI is InChI=1S/C25H29ClN2O5S/c1-18(25(33-4)24-14-9-21(26)15-27-24)34(29,30)28(16-19-5-10-22(31-2)11-6-19)17-20-7-12-23(32-3)13-8-20/h5-15,18,25H,16-17H2,1-4H3/t18-,25-/m1/s1. The average Bonchev–Trinajstić information content (AvgIpc) is 2.86. The van der Waals surface area contributed by atoms with E-state index in [9.17, 15) is 8.42 Å². The Bertz CT molecular complexity index is 1100. The van der Waals surface area contributed by atoms with Gasteiger partial charge in [-0.25, -0.2) is 8.42 Å². The summed E-state index contributed by atoms with van der Waals surface area (Å²) in [6.45, 7) is 2.01. The molecule has 0 aliphatic heterocycles. The fourth-order valence-corrected chi connectivity index (χ4v) is 5.41. The van der Waals surface area contributed by atoms with E-state index < -0.39 is 21.4 Å². The van der Waals surface area contributed by atoms with Gasteiger partial charge >= 0.3 is 0 Å². The summed E-state index contributed by atoms with van der Waals surface area (Å²) in [4.78, 5) is 4.28. The summed E-state index contributed by atoms with van der Waals surface area (Å²) >= 11 is 5.96. The van der Waals surface area contributed by atoms with Gasteiger partial charge in [-0.2, -0.15) is 4.31 Å². The minimum atomic E-state index is -3.83. The summed E-state index contributed by atoms with van der Waals surface area (Å²) in [5.74, 6) is 1.41. The zero-order chi connectivity index (χ0) is 24.7. The zero-order valence-electron chi connectivity index (χ0n) is 19.6. The number of hydrogen-bond acceptors (Lipinski definition) is 6. The molecule has 0 N–H and O–H groups in total. The second kappa shape index (κ2) is 11.7. The fourth-order valence-electron chi connectivity index (χ4n) is 3.60. The van der Waals surface area contributed by atoms with Crippen molar-refractivity contribution in [3.63, 3.8) is 0 Å². The number of aromatic nitrogens is 1. The van der Waals surface area contributed by atoms with Crippen LogP contribution in [0.1, 0.15) is 29.8 Å². The summed E-state index contributed by atoms with van der Waals surface area (Å²) in [7, 11) is 0.831. The summed E-state index contributed by atoms with van der Waals surface area (Å²) in [5, 5.41) is -0.433. The Hall–Kier alpha value is -2.65. The third-order valence-electron chi connectivity index (χ3n) is 5.59. The van der Waals surface area contributed by atoms with Gasteiger partial charge in [-0.3, -0.25) is 4.98 Å². The summed E-state index contributed by atoms with van der Waals surface area (Å²) < 4.78 is 45.2. The normalized spacial score (nSPS) is 13.5. The molecule has 1 aromatic heterocycles. The Morgan fingerprint density at radius 2 is 1.35 bits per heavy atom. The molecular formula is C25H29ClN2O5S. The first-order chi connectivity index (χ1) is 16.3. The molecule has 34 heavy (non-hydrogen) atoms. The van der Waals surface area contributed by atoms with Gasteiger partial charge in [-0.15, -0.1) is 0 Å². The predicted octanol–water partition coefficient (Wildman–Crippen LogP) is 4.86. The highest BCUT2D eigenvalue weighted by atomic mass is 35.5. The third-order valence-corrected chi connectivity index (χ3v) is 7.98. The Morgan fingerprint density at radius 1 is 0.853 bits per heavy atom. The van der Waals surface area contributed by atoms with Crippen molar-refractivity contribution in [2.75, 3.05) is 21.3 Å². The van der Waals surface area contributed by atoms with Crippen LogP contribution in [0.3, 0.4) is 0 Å². The fraction of sp³-hybridized carbons (Fsp3) is 0.320. The number of nitrogens with zero attached hydrogens (tertiary/aromatic N) is 2. The van der Waals surface area contributed by atoms with Crippen molar-refractivity contribution >= 4 is 21.6 Å². The van der Waals surface area contributed by atoms with Gasteiger partial charge in [-0.1, -0.05) is 35.9 Å². The molecule has 0 aliphatic carbocycles. The molecule has 3 aromatic rings. The van der Waals surface area contributed by atoms with E-state index in [2.05, 4.69) is 4.98 Å². The highest BCUT2D eigenvalue weighted by molar-refractivity contribution is 7.89. The minimum absolute atomic E-state index is 0.188. The highest BCUT2D eigenvalue weighted by Gasteiger charge is 2.36. The number of sulfonamides is 1. The molecule has 3 rings (SSSR count). The van der Waals surface area contributed by atoms with Crippen molar-refractivity contribution in [1.29, 1.82) is 0 Å². The maximum atomic E-state index is 13.9. The molecule has 0 spiro atoms. The number of halogens is 1. The lowest BCUT2D eigenvalue weighted by Crippen LogP contribution is -2.40. The Labute approximate surface area is 206 Å². The van der Waals surface area contributed by atoms with Crippen LogP contribution >= 0.6 is 11.6 Å². The van der Waals surface area contributed by atoms with Crippen molar-refractivity contribution in [2.45, 2.75) is 31.4 Å². The number of methoxy groups -OCH3 is 3. The van der Waals surface area contributed by atoms with Crippen molar-refractivity contribution < 1.29 is 22.6 Å². The lowest BCUT2D eigenvalue weighted by atomic mass is 10.2. The SMILES string of the molecule is COc1ccc(CN(Cc2ccc(OC)cc2)S(=O)(=O)[C@H](C)[C@@H](OC)c2ccc(Cl)cn2)cc1. The Morgan fingerprint density at radius 3 is 1.74 bits per heavy atom. The maximum absolute atomic E-state index is 13.9. The van der Waals surface area contributed by atoms with Crippen LogP contribution in [0.4, 0.5) is 0 Å². The van der Waals surface area contributed by atoms with Crippen LogP contribution in [0.5, 0.6) is 11.5 Å². The number of hydrogen-bond donors (Lipinski definition) is 0. The monoisotopic (exact) mass is 504 g/mol. The highest BCUT2D eigenvalue weighted by Crippen LogP contribution is 2.29. The second-order valence-electron chi connectivity index (χ2n) is 7.77. The second-order valence-corrected chi connectivity index (χ2v) is 10.5. The number of pyridine rings is 1. The predicted molar refractivity (Wildman–Crippen MR) is 133 cm³/mol. The van der Waals surface area contributed by atoms with Crippen LogP contribution in [0.15, 0.2) is 66.9 Å². The van der Waals surface area contributed by atoms with E-state index in [1.807, 2.05) is 48.5 Å². The molecule has 0 amide bonds. The molecule has 0 fully saturated rings. The molecule has 182 valence electrons. The van der Waals surface area contributed by atoms with Gasteiger partial charge in [-0.05, 0) is 54.4 Å². The summed E-state index contributed by atoms with van der Waals surface area (Å²) in [6.07, 6.45) is 0.714. The van der Waals surface area contributed by atoms with Crippen LogP contribution in [0.2, 0.25) is 5.02 Å². The van der Waals surface area contributed by atoms with Crippen molar-refractivity contribution in [3.05, 3.63) is 88.7 Å². The molecular weight excluding hydrogens is 476 g/mol. The van der Waals surface area contributed by atoms with Crippen LogP contribution in [0, 0.1) is 0 Å². The van der Waals surface area contributed by atoms with Crippen molar-refractivity contribution in [3.8, 4) is 11.5 Å². The summed E-state index contributed by atoms with van der Waals surface area (Å²) in [5.41, 5.74) is 2.17. The largest absolute Gasteiger partial charge is 0.497 e. The number of benzene rings is 2.